The van der Waals surface area contributed by atoms with Crippen LogP contribution in [0.3, 0.4) is 0 Å². The summed E-state index contributed by atoms with van der Waals surface area (Å²) < 4.78 is 25.5. The van der Waals surface area contributed by atoms with Gasteiger partial charge in [-0.05, 0) is 44.3 Å². The normalized spacial score (nSPS) is 19.6. The molecular formula is C16H26N2O2S. The van der Waals surface area contributed by atoms with Gasteiger partial charge in [-0.3, -0.25) is 4.90 Å². The minimum absolute atomic E-state index is 0.118. The maximum atomic E-state index is 11.4. The van der Waals surface area contributed by atoms with Gasteiger partial charge in [0.1, 0.15) is 0 Å². The van der Waals surface area contributed by atoms with Crippen molar-refractivity contribution in [2.75, 3.05) is 25.9 Å². The first-order chi connectivity index (χ1) is 9.85. The fraction of sp³-hybridized carbons (Fsp3) is 0.625. The van der Waals surface area contributed by atoms with E-state index in [0.29, 0.717) is 6.54 Å². The van der Waals surface area contributed by atoms with Crippen molar-refractivity contribution >= 4 is 10.0 Å². The van der Waals surface area contributed by atoms with E-state index in [2.05, 4.69) is 47.7 Å². The molecule has 0 bridgehead atoms. The van der Waals surface area contributed by atoms with E-state index >= 15 is 0 Å². The Morgan fingerprint density at radius 3 is 2.33 bits per heavy atom. The lowest BCUT2D eigenvalue weighted by molar-refractivity contribution is 0.139. The second kappa shape index (κ2) is 6.90. The van der Waals surface area contributed by atoms with Crippen molar-refractivity contribution in [1.82, 2.24) is 9.62 Å². The highest BCUT2D eigenvalue weighted by atomic mass is 32.2. The summed E-state index contributed by atoms with van der Waals surface area (Å²) in [5.41, 5.74) is 2.41. The molecule has 1 aliphatic rings. The van der Waals surface area contributed by atoms with Gasteiger partial charge in [0.2, 0.25) is 10.0 Å². The zero-order chi connectivity index (χ0) is 15.5. The highest BCUT2D eigenvalue weighted by Crippen LogP contribution is 2.26. The Morgan fingerprint density at radius 2 is 1.81 bits per heavy atom. The van der Waals surface area contributed by atoms with E-state index in [1.54, 1.807) is 0 Å². The standard InChI is InChI=1S/C16H26N2O2S/c1-13-4-6-15(7-5-13)16(12-17-21(3,19)20)18-10-8-14(2)9-11-18/h4-7,14,16-17H,8-12H2,1-3H3. The first-order valence-electron chi connectivity index (χ1n) is 7.60. The Balaban J connectivity index is 2.15. The second-order valence-electron chi connectivity index (χ2n) is 6.27. The molecule has 21 heavy (non-hydrogen) atoms. The van der Waals surface area contributed by atoms with Gasteiger partial charge >= 0.3 is 0 Å². The molecule has 0 amide bonds. The number of piperidine rings is 1. The number of hydrogen-bond acceptors (Lipinski definition) is 3. The van der Waals surface area contributed by atoms with Crippen LogP contribution in [-0.2, 0) is 10.0 Å². The van der Waals surface area contributed by atoms with Crippen molar-refractivity contribution in [1.29, 1.82) is 0 Å². The summed E-state index contributed by atoms with van der Waals surface area (Å²) in [7, 11) is -3.16. The molecule has 2 rings (SSSR count). The summed E-state index contributed by atoms with van der Waals surface area (Å²) in [6.45, 7) is 6.86. The van der Waals surface area contributed by atoms with Gasteiger partial charge in [0.15, 0.2) is 0 Å². The van der Waals surface area contributed by atoms with E-state index in [0.717, 1.165) is 19.0 Å². The van der Waals surface area contributed by atoms with Gasteiger partial charge in [0.25, 0.3) is 0 Å². The van der Waals surface area contributed by atoms with Crippen molar-refractivity contribution in [3.05, 3.63) is 35.4 Å². The summed E-state index contributed by atoms with van der Waals surface area (Å²) in [5.74, 6) is 0.766. The van der Waals surface area contributed by atoms with Crippen LogP contribution in [0.2, 0.25) is 0 Å². The van der Waals surface area contributed by atoms with Gasteiger partial charge < -0.3 is 0 Å². The summed E-state index contributed by atoms with van der Waals surface area (Å²) in [5, 5.41) is 0. The lowest BCUT2D eigenvalue weighted by atomic mass is 9.95. The molecule has 1 N–H and O–H groups in total. The average molecular weight is 310 g/mol. The molecule has 1 saturated heterocycles. The van der Waals surface area contributed by atoms with Crippen LogP contribution in [0.25, 0.3) is 0 Å². The molecule has 118 valence electrons. The van der Waals surface area contributed by atoms with E-state index in [9.17, 15) is 8.42 Å². The lowest BCUT2D eigenvalue weighted by Gasteiger charge is -2.37. The first kappa shape index (κ1) is 16.5. The Labute approximate surface area is 128 Å². The number of aryl methyl sites for hydroxylation is 1. The Hall–Kier alpha value is -0.910. The van der Waals surface area contributed by atoms with E-state index in [1.165, 1.54) is 30.2 Å². The number of nitrogens with one attached hydrogen (secondary N) is 1. The summed E-state index contributed by atoms with van der Waals surface area (Å²) in [6, 6.07) is 8.53. The van der Waals surface area contributed by atoms with E-state index in [-0.39, 0.29) is 6.04 Å². The van der Waals surface area contributed by atoms with Crippen molar-refractivity contribution in [2.45, 2.75) is 32.7 Å². The molecule has 1 atom stereocenters. The van der Waals surface area contributed by atoms with Crippen LogP contribution in [0, 0.1) is 12.8 Å². The number of sulfonamides is 1. The fourth-order valence-corrected chi connectivity index (χ4v) is 3.28. The van der Waals surface area contributed by atoms with Crippen molar-refractivity contribution in [3.8, 4) is 0 Å². The maximum absolute atomic E-state index is 11.4. The van der Waals surface area contributed by atoms with E-state index in [1.807, 2.05) is 0 Å². The quantitative estimate of drug-likeness (QED) is 0.908. The molecule has 4 nitrogen and oxygen atoms in total. The molecule has 1 aliphatic heterocycles. The molecule has 0 radical (unpaired) electrons. The first-order valence-corrected chi connectivity index (χ1v) is 9.49. The molecule has 5 heteroatoms. The Kier molecular flexibility index (Phi) is 5.41. The molecule has 1 heterocycles. The van der Waals surface area contributed by atoms with Crippen LogP contribution in [0.15, 0.2) is 24.3 Å². The molecular weight excluding hydrogens is 284 g/mol. The summed E-state index contributed by atoms with van der Waals surface area (Å²) in [6.07, 6.45) is 3.58. The highest BCUT2D eigenvalue weighted by molar-refractivity contribution is 7.88. The van der Waals surface area contributed by atoms with Crippen molar-refractivity contribution < 1.29 is 8.42 Å². The molecule has 0 aliphatic carbocycles. The zero-order valence-electron chi connectivity index (χ0n) is 13.2. The average Bonchev–Trinajstić information content (AvgIpc) is 2.41. The minimum Gasteiger partial charge on any atom is -0.295 e. The molecule has 0 saturated carbocycles. The SMILES string of the molecule is Cc1ccc(C(CNS(C)(=O)=O)N2CCC(C)CC2)cc1. The van der Waals surface area contributed by atoms with Crippen molar-refractivity contribution in [2.24, 2.45) is 5.92 Å². The highest BCUT2D eigenvalue weighted by Gasteiger charge is 2.25. The maximum Gasteiger partial charge on any atom is 0.208 e. The Morgan fingerprint density at radius 1 is 1.24 bits per heavy atom. The Bertz CT molecular complexity index is 546. The molecule has 1 unspecified atom stereocenters. The van der Waals surface area contributed by atoms with Gasteiger partial charge in [-0.1, -0.05) is 36.8 Å². The van der Waals surface area contributed by atoms with Crippen LogP contribution >= 0.6 is 0 Å². The van der Waals surface area contributed by atoms with Crippen molar-refractivity contribution in [3.63, 3.8) is 0 Å². The number of benzene rings is 1. The molecule has 0 spiro atoms. The molecule has 0 aromatic heterocycles. The molecule has 1 fully saturated rings. The lowest BCUT2D eigenvalue weighted by Crippen LogP contribution is -2.41. The second-order valence-corrected chi connectivity index (χ2v) is 8.10. The van der Waals surface area contributed by atoms with Gasteiger partial charge in [-0.2, -0.15) is 0 Å². The van der Waals surface area contributed by atoms with E-state index in [4.69, 9.17) is 0 Å². The number of rotatable bonds is 5. The third-order valence-electron chi connectivity index (χ3n) is 4.26. The molecule has 1 aromatic carbocycles. The zero-order valence-corrected chi connectivity index (χ0v) is 14.0. The van der Waals surface area contributed by atoms with Gasteiger partial charge in [0.05, 0.1) is 6.26 Å². The van der Waals surface area contributed by atoms with Crippen LogP contribution in [0.4, 0.5) is 0 Å². The third-order valence-corrected chi connectivity index (χ3v) is 4.95. The van der Waals surface area contributed by atoms with Gasteiger partial charge in [0, 0.05) is 12.6 Å². The smallest absolute Gasteiger partial charge is 0.208 e. The van der Waals surface area contributed by atoms with Crippen LogP contribution in [0.5, 0.6) is 0 Å². The topological polar surface area (TPSA) is 49.4 Å². The minimum atomic E-state index is -3.16. The van der Waals surface area contributed by atoms with Gasteiger partial charge in [-0.15, -0.1) is 0 Å². The predicted octanol–water partition coefficient (Wildman–Crippen LogP) is 2.32. The summed E-state index contributed by atoms with van der Waals surface area (Å²) in [4.78, 5) is 2.41. The number of hydrogen-bond donors (Lipinski definition) is 1. The predicted molar refractivity (Wildman–Crippen MR) is 86.7 cm³/mol. The van der Waals surface area contributed by atoms with E-state index < -0.39 is 10.0 Å². The fourth-order valence-electron chi connectivity index (χ4n) is 2.82. The van der Waals surface area contributed by atoms with Gasteiger partial charge in [-0.25, -0.2) is 13.1 Å². The molecule has 1 aromatic rings. The monoisotopic (exact) mass is 310 g/mol. The van der Waals surface area contributed by atoms with Crippen LogP contribution < -0.4 is 4.72 Å². The number of likely N-dealkylation sites (tertiary alicyclic amines) is 1. The number of nitrogens with zero attached hydrogens (tertiary/aromatic N) is 1. The van der Waals surface area contributed by atoms with Crippen LogP contribution in [0.1, 0.15) is 36.9 Å². The van der Waals surface area contributed by atoms with Crippen LogP contribution in [-0.4, -0.2) is 39.2 Å². The summed E-state index contributed by atoms with van der Waals surface area (Å²) >= 11 is 0. The largest absolute Gasteiger partial charge is 0.295 e. The third kappa shape index (κ3) is 5.09.